The Kier molecular flexibility index (Phi) is 6.49. The number of rotatable bonds is 8. The van der Waals surface area contributed by atoms with Crippen molar-refractivity contribution in [3.8, 4) is 0 Å². The Bertz CT molecular complexity index is 388. The highest BCUT2D eigenvalue weighted by molar-refractivity contribution is 5.76. The fraction of sp³-hybridized carbons (Fsp3) is 0.769. The zero-order valence-corrected chi connectivity index (χ0v) is 12.1. The van der Waals surface area contributed by atoms with Crippen molar-refractivity contribution in [2.45, 2.75) is 46.7 Å². The number of nitrogens with two attached hydrogens (primary N) is 1. The Balaban J connectivity index is 2.38. The van der Waals surface area contributed by atoms with E-state index in [1.54, 1.807) is 6.33 Å². The summed E-state index contributed by atoms with van der Waals surface area (Å²) in [5, 5.41) is 10.7. The van der Waals surface area contributed by atoms with E-state index in [-0.39, 0.29) is 11.8 Å². The fourth-order valence-electron chi connectivity index (χ4n) is 2.12. The van der Waals surface area contributed by atoms with Crippen LogP contribution in [0.5, 0.6) is 0 Å². The maximum atomic E-state index is 11.9. The van der Waals surface area contributed by atoms with Gasteiger partial charge in [0.05, 0.1) is 6.54 Å². The zero-order valence-electron chi connectivity index (χ0n) is 12.1. The van der Waals surface area contributed by atoms with Gasteiger partial charge in [0, 0.05) is 13.0 Å². The number of amides is 1. The van der Waals surface area contributed by atoms with Gasteiger partial charge in [-0.1, -0.05) is 13.8 Å². The third-order valence-corrected chi connectivity index (χ3v) is 3.09. The lowest BCUT2D eigenvalue weighted by Crippen LogP contribution is -2.29. The molecule has 1 aromatic rings. The highest BCUT2D eigenvalue weighted by Crippen LogP contribution is 2.14. The van der Waals surface area contributed by atoms with Gasteiger partial charge >= 0.3 is 0 Å². The lowest BCUT2D eigenvalue weighted by atomic mass is 9.94. The summed E-state index contributed by atoms with van der Waals surface area (Å²) in [7, 11) is 0. The van der Waals surface area contributed by atoms with Crippen molar-refractivity contribution in [1.29, 1.82) is 0 Å². The molecule has 1 atom stereocenters. The largest absolute Gasteiger partial charge is 0.349 e. The molecule has 0 aliphatic heterocycles. The van der Waals surface area contributed by atoms with E-state index in [0.29, 0.717) is 25.4 Å². The van der Waals surface area contributed by atoms with E-state index in [2.05, 4.69) is 29.4 Å². The molecule has 1 aromatic heterocycles. The van der Waals surface area contributed by atoms with E-state index in [4.69, 9.17) is 5.73 Å². The second-order valence-corrected chi connectivity index (χ2v) is 5.25. The summed E-state index contributed by atoms with van der Waals surface area (Å²) in [4.78, 5) is 11.9. The summed E-state index contributed by atoms with van der Waals surface area (Å²) in [6, 6.07) is 0. The average Bonchev–Trinajstić information content (AvgIpc) is 2.82. The third-order valence-electron chi connectivity index (χ3n) is 3.09. The molecule has 1 rings (SSSR count). The van der Waals surface area contributed by atoms with Crippen LogP contribution in [0, 0.1) is 11.8 Å². The molecule has 6 nitrogen and oxygen atoms in total. The van der Waals surface area contributed by atoms with Gasteiger partial charge in [0.25, 0.3) is 0 Å². The fourth-order valence-corrected chi connectivity index (χ4v) is 2.12. The van der Waals surface area contributed by atoms with Crippen LogP contribution in [-0.2, 0) is 17.9 Å². The molecule has 108 valence electrons. The number of carbonyl (C=O) groups is 1. The van der Waals surface area contributed by atoms with Gasteiger partial charge in [0.15, 0.2) is 5.82 Å². The summed E-state index contributed by atoms with van der Waals surface area (Å²) < 4.78 is 1.91. The molecule has 3 N–H and O–H groups in total. The van der Waals surface area contributed by atoms with Crippen LogP contribution in [0.1, 0.15) is 39.4 Å². The van der Waals surface area contributed by atoms with Gasteiger partial charge in [-0.05, 0) is 31.7 Å². The molecule has 19 heavy (non-hydrogen) atoms. The first-order valence-corrected chi connectivity index (χ1v) is 6.90. The average molecular weight is 267 g/mol. The minimum Gasteiger partial charge on any atom is -0.349 e. The van der Waals surface area contributed by atoms with Crippen LogP contribution in [0.4, 0.5) is 0 Å². The maximum absolute atomic E-state index is 11.9. The second kappa shape index (κ2) is 7.89. The molecular formula is C13H25N5O. The van der Waals surface area contributed by atoms with Crippen LogP contribution in [0.15, 0.2) is 6.33 Å². The molecule has 0 saturated heterocycles. The molecular weight excluding hydrogens is 242 g/mol. The van der Waals surface area contributed by atoms with Crippen LogP contribution in [0.25, 0.3) is 0 Å². The Morgan fingerprint density at radius 3 is 2.84 bits per heavy atom. The van der Waals surface area contributed by atoms with Crippen molar-refractivity contribution in [3.63, 3.8) is 0 Å². The van der Waals surface area contributed by atoms with E-state index in [9.17, 15) is 4.79 Å². The second-order valence-electron chi connectivity index (χ2n) is 5.25. The molecule has 0 aliphatic rings. The monoisotopic (exact) mass is 267 g/mol. The Labute approximate surface area is 114 Å². The Morgan fingerprint density at radius 2 is 2.26 bits per heavy atom. The predicted octanol–water partition coefficient (Wildman–Crippen LogP) is 0.925. The zero-order chi connectivity index (χ0) is 14.3. The summed E-state index contributed by atoms with van der Waals surface area (Å²) >= 11 is 0. The molecule has 0 spiro atoms. The van der Waals surface area contributed by atoms with Gasteiger partial charge in [-0.15, -0.1) is 10.2 Å². The summed E-state index contributed by atoms with van der Waals surface area (Å²) in [6.07, 6.45) is 3.13. The molecule has 0 fully saturated rings. The van der Waals surface area contributed by atoms with E-state index < -0.39 is 0 Å². The molecule has 1 unspecified atom stereocenters. The summed E-state index contributed by atoms with van der Waals surface area (Å²) in [6.45, 7) is 8.08. The molecule has 1 amide bonds. The molecule has 0 saturated carbocycles. The highest BCUT2D eigenvalue weighted by Gasteiger charge is 2.14. The molecule has 0 aliphatic carbocycles. The number of aryl methyl sites for hydroxylation is 1. The predicted molar refractivity (Wildman–Crippen MR) is 74.2 cm³/mol. The first kappa shape index (κ1) is 15.6. The topological polar surface area (TPSA) is 85.8 Å². The third kappa shape index (κ3) is 5.38. The van der Waals surface area contributed by atoms with Crippen LogP contribution in [0.3, 0.4) is 0 Å². The first-order valence-electron chi connectivity index (χ1n) is 6.90. The molecule has 1 heterocycles. The summed E-state index contributed by atoms with van der Waals surface area (Å²) in [5.41, 5.74) is 5.70. The molecule has 0 bridgehead atoms. The van der Waals surface area contributed by atoms with E-state index in [1.807, 2.05) is 11.5 Å². The SMILES string of the molecule is CCn1cnnc1CNC(=O)CC(CN)CC(C)C. The van der Waals surface area contributed by atoms with Crippen molar-refractivity contribution >= 4 is 5.91 Å². The number of nitrogens with one attached hydrogen (secondary N) is 1. The molecule has 0 aromatic carbocycles. The van der Waals surface area contributed by atoms with Gasteiger partial charge < -0.3 is 15.6 Å². The van der Waals surface area contributed by atoms with Crippen molar-refractivity contribution in [2.24, 2.45) is 17.6 Å². The van der Waals surface area contributed by atoms with Gasteiger partial charge in [-0.3, -0.25) is 4.79 Å². The van der Waals surface area contributed by atoms with Gasteiger partial charge in [-0.25, -0.2) is 0 Å². The van der Waals surface area contributed by atoms with Crippen LogP contribution < -0.4 is 11.1 Å². The highest BCUT2D eigenvalue weighted by atomic mass is 16.1. The standard InChI is InChI=1S/C13H25N5O/c1-4-18-9-16-17-12(18)8-15-13(19)6-11(7-14)5-10(2)3/h9-11H,4-8,14H2,1-3H3,(H,15,19). The number of hydrogen-bond donors (Lipinski definition) is 2. The number of carbonyl (C=O) groups excluding carboxylic acids is 1. The number of nitrogens with zero attached hydrogens (tertiary/aromatic N) is 3. The first-order chi connectivity index (χ1) is 9.06. The van der Waals surface area contributed by atoms with Crippen LogP contribution in [-0.4, -0.2) is 27.2 Å². The quantitative estimate of drug-likeness (QED) is 0.733. The van der Waals surface area contributed by atoms with Gasteiger partial charge in [0.1, 0.15) is 6.33 Å². The Hall–Kier alpha value is -1.43. The van der Waals surface area contributed by atoms with Crippen molar-refractivity contribution in [3.05, 3.63) is 12.2 Å². The number of hydrogen-bond acceptors (Lipinski definition) is 4. The van der Waals surface area contributed by atoms with Crippen molar-refractivity contribution in [2.75, 3.05) is 6.54 Å². The minimum absolute atomic E-state index is 0.0294. The molecule has 6 heteroatoms. The number of aromatic nitrogens is 3. The van der Waals surface area contributed by atoms with E-state index >= 15 is 0 Å². The van der Waals surface area contributed by atoms with E-state index in [0.717, 1.165) is 18.8 Å². The van der Waals surface area contributed by atoms with Crippen molar-refractivity contribution in [1.82, 2.24) is 20.1 Å². The lowest BCUT2D eigenvalue weighted by Gasteiger charge is -2.16. The van der Waals surface area contributed by atoms with Crippen molar-refractivity contribution < 1.29 is 4.79 Å². The van der Waals surface area contributed by atoms with Gasteiger partial charge in [-0.2, -0.15) is 0 Å². The summed E-state index contributed by atoms with van der Waals surface area (Å²) in [5.74, 6) is 1.62. The maximum Gasteiger partial charge on any atom is 0.220 e. The molecule has 0 radical (unpaired) electrons. The Morgan fingerprint density at radius 1 is 1.53 bits per heavy atom. The van der Waals surface area contributed by atoms with Crippen LogP contribution >= 0.6 is 0 Å². The lowest BCUT2D eigenvalue weighted by molar-refractivity contribution is -0.122. The van der Waals surface area contributed by atoms with Gasteiger partial charge in [0.2, 0.25) is 5.91 Å². The normalized spacial score (nSPS) is 12.7. The minimum atomic E-state index is 0.0294. The van der Waals surface area contributed by atoms with Crippen LogP contribution in [0.2, 0.25) is 0 Å². The smallest absolute Gasteiger partial charge is 0.220 e. The van der Waals surface area contributed by atoms with E-state index in [1.165, 1.54) is 0 Å².